The van der Waals surface area contributed by atoms with Gasteiger partial charge in [0.1, 0.15) is 17.3 Å². The Morgan fingerprint density at radius 3 is 0.932 bits per heavy atom. The number of hydroxylamine groups is 1. The number of aliphatic hydroxyl groups excluding tert-OH is 2. The minimum atomic E-state index is -2.23. The van der Waals surface area contributed by atoms with E-state index < -0.39 is 52.5 Å². The number of carboxylic acids is 1. The van der Waals surface area contributed by atoms with Gasteiger partial charge >= 0.3 is 35.8 Å². The third kappa shape index (κ3) is 48.8. The summed E-state index contributed by atoms with van der Waals surface area (Å²) in [4.78, 5) is 149. The number of methoxy groups -OCH3 is 5. The van der Waals surface area contributed by atoms with E-state index in [9.17, 15) is 62.3 Å². The number of carboxylic acid groups (broad SMARTS) is 1. The fourth-order valence-electron chi connectivity index (χ4n) is 18.8. The minimum Gasteiger partial charge on any atom is -0.481 e. The molecule has 13 N–H and O–H groups in total. The molecule has 0 atom stereocenters. The molecule has 4 amide bonds. The van der Waals surface area contributed by atoms with Gasteiger partial charge in [0, 0.05) is 166 Å². The Morgan fingerprint density at radius 2 is 0.639 bits per heavy atom. The van der Waals surface area contributed by atoms with Crippen molar-refractivity contribution in [2.24, 2.45) is 5.73 Å². The van der Waals surface area contributed by atoms with Crippen molar-refractivity contribution in [1.29, 1.82) is 0 Å². The van der Waals surface area contributed by atoms with Gasteiger partial charge in [0.15, 0.2) is 23.1 Å². The summed E-state index contributed by atoms with van der Waals surface area (Å²) in [7, 11) is 8.93. The van der Waals surface area contributed by atoms with E-state index in [1.54, 1.807) is 17.4 Å². The molecule has 11 aliphatic rings. The third-order valence-electron chi connectivity index (χ3n) is 27.3. The van der Waals surface area contributed by atoms with Crippen LogP contribution in [0, 0.1) is 0 Å². The lowest BCUT2D eigenvalue weighted by atomic mass is 9.76. The normalized spacial score (nSPS) is 19.7. The number of allylic oxidation sites excluding steroid dienone is 1. The summed E-state index contributed by atoms with van der Waals surface area (Å²) >= 11 is 0. The van der Waals surface area contributed by atoms with Gasteiger partial charge < -0.3 is 109 Å². The third-order valence-corrected chi connectivity index (χ3v) is 31.3. The number of hydrogen-bond acceptors (Lipinski definition) is 32. The Balaban J connectivity index is 0.000000432. The Bertz CT molecular complexity index is 4190. The molecule has 5 aliphatic heterocycles. The van der Waals surface area contributed by atoms with Crippen LogP contribution in [-0.4, -0.2) is 264 Å². The van der Waals surface area contributed by atoms with Crippen LogP contribution in [0.25, 0.3) is 0 Å². The van der Waals surface area contributed by atoms with E-state index >= 15 is 0 Å². The smallest absolute Gasteiger partial charge is 0.331 e. The largest absolute Gasteiger partial charge is 0.481 e. The van der Waals surface area contributed by atoms with Crippen LogP contribution in [-0.2, 0) is 129 Å². The highest BCUT2D eigenvalue weighted by molar-refractivity contribution is 7.95. The summed E-state index contributed by atoms with van der Waals surface area (Å²) in [6.45, 7) is 13.4. The molecule has 38 heteroatoms. The van der Waals surface area contributed by atoms with Crippen LogP contribution in [0.4, 0.5) is 0 Å². The highest BCUT2D eigenvalue weighted by atomic mass is 31.2. The van der Waals surface area contributed by atoms with Gasteiger partial charge in [-0.2, -0.15) is 0 Å². The van der Waals surface area contributed by atoms with Crippen molar-refractivity contribution in [1.82, 2.24) is 27.6 Å². The lowest BCUT2D eigenvalue weighted by molar-refractivity contribution is -0.188. The van der Waals surface area contributed by atoms with E-state index in [1.807, 2.05) is 54.6 Å². The summed E-state index contributed by atoms with van der Waals surface area (Å²) in [5.41, 5.74) is 6.64. The Labute approximate surface area is 870 Å². The predicted molar refractivity (Wildman–Crippen MR) is 557 cm³/mol. The summed E-state index contributed by atoms with van der Waals surface area (Å²) in [6.07, 6.45) is 33.7. The number of hydrogen-bond donors (Lipinski definition) is 10. The van der Waals surface area contributed by atoms with Crippen LogP contribution in [0.3, 0.4) is 0 Å². The molecule has 11 fully saturated rings. The number of esters is 5. The Morgan fingerprint density at radius 1 is 0.354 bits per heavy atom. The molecule has 37 nitrogen and oxygen atoms in total. The molecular weight excluding hydrogens is 1920 g/mol. The Kier molecular flexibility index (Phi) is 65.0. The van der Waals surface area contributed by atoms with Gasteiger partial charge in [0.05, 0.1) is 125 Å². The molecule has 0 aromatic heterocycles. The zero-order valence-corrected chi connectivity index (χ0v) is 90.4. The average molecular weight is 2100 g/mol. The first kappa shape index (κ1) is 132. The molecule has 5 heterocycles. The van der Waals surface area contributed by atoms with Crippen LogP contribution < -0.4 is 49.2 Å². The molecular formula is C109H175N6O31P. The molecule has 3 aromatic rings. The molecule has 832 valence electrons. The van der Waals surface area contributed by atoms with E-state index in [-0.39, 0.29) is 103 Å². The van der Waals surface area contributed by atoms with E-state index in [0.29, 0.717) is 174 Å². The number of nitrogens with one attached hydrogen (secondary N) is 4. The second-order valence-corrected chi connectivity index (χ2v) is 41.4. The maximum absolute atomic E-state index is 12.3. The molecule has 6 saturated carbocycles. The fraction of sp³-hybridized carbons (Fsp3) is 0.688. The van der Waals surface area contributed by atoms with Gasteiger partial charge in [-0.3, -0.25) is 57.9 Å². The summed E-state index contributed by atoms with van der Waals surface area (Å²) in [5.74, 6) is -1.93. The minimum absolute atomic E-state index is 0. The number of nitrogens with two attached hydrogens (primary N) is 1. The van der Waals surface area contributed by atoms with Crippen molar-refractivity contribution >= 4 is 105 Å². The van der Waals surface area contributed by atoms with Crippen molar-refractivity contribution in [3.63, 3.8) is 0 Å². The highest BCUT2D eigenvalue weighted by Gasteiger charge is 2.50. The van der Waals surface area contributed by atoms with Gasteiger partial charge in [-0.1, -0.05) is 176 Å². The number of unbranched alkanes of at least 4 members (excludes halogenated alkanes) is 8. The maximum Gasteiger partial charge on any atom is 0.331 e. The number of aliphatic carboxylic acids is 1. The number of Topliss-reactive ketones (excluding diaryl/α,β-unsaturated/α-hetero) is 3. The lowest BCUT2D eigenvalue weighted by Crippen LogP contribution is -2.55. The van der Waals surface area contributed by atoms with Crippen molar-refractivity contribution in [2.75, 3.05) is 116 Å². The highest BCUT2D eigenvalue weighted by Crippen LogP contribution is 2.46. The standard InChI is InChI=1S/C21H19O2P.C17H29NO5.C15H25NO4.C14H24N2O4.C11H19NO4.C11H16O4.C8H12O3.C6H12O2.C4H8O.2CH4O.H3N/c1-23-21(22)17-24(18-11-5-2-6-12-18,19-13-7-3-8-14-19)20-15-9-4-10-16-20;1-3-4-5-6-14(19)18-16(13-15(20)21-2)7-9-17(10-8-16)22-11-12-23-17;1-3-4-5-6-13(18)16-15(11-14(19)20-2)9-7-12(17)8-10-15;1-2-3-4-5-12(18)15-14(10-13(19)16-20)8-6-11(17)7-9-14;1-14-9(13)8-10(12)2-4-11(5-3-10)15-6-7-16-11;1-13-10(12)8-9-2-4-11(5-3-9)14-6-7-15-11;9-7-1-3-8(4-2-7)10-5-6-11-8;1-2-3-4-5-6(7)8;1-2-4-5-3-1;2*1-2;/h2-17H,1H3;3-13H2,1-2H3,(H,18,19);3-11H2,1-2H3,(H,16,18);20H,2-10H2,1H3,(H,15,18)(H,16,19);2-8,12H2,1H3;8H,2-7H2,1H3;1-6H2;2-5H2,1H3,(H,7,8);1-4H2;2*2H,1H3;1H3. The maximum atomic E-state index is 12.3. The molecule has 5 saturated heterocycles. The molecule has 4 spiro atoms. The molecule has 14 rings (SSSR count). The van der Waals surface area contributed by atoms with Gasteiger partial charge in [-0.25, -0.2) is 15.1 Å². The second-order valence-electron chi connectivity index (χ2n) is 38.1. The van der Waals surface area contributed by atoms with Crippen molar-refractivity contribution in [3.05, 3.63) is 103 Å². The van der Waals surface area contributed by atoms with Gasteiger partial charge in [0.2, 0.25) is 23.6 Å². The molecule has 0 bridgehead atoms. The first-order valence-electron chi connectivity index (χ1n) is 52.2. The lowest BCUT2D eigenvalue weighted by Gasteiger charge is -2.43. The van der Waals surface area contributed by atoms with E-state index in [2.05, 4.69) is 89.5 Å². The molecule has 147 heavy (non-hydrogen) atoms. The van der Waals surface area contributed by atoms with Crippen LogP contribution in [0.5, 0.6) is 0 Å². The number of rotatable bonds is 32. The molecule has 3 aromatic carbocycles. The zero-order valence-electron chi connectivity index (χ0n) is 89.5. The van der Waals surface area contributed by atoms with Gasteiger partial charge in [-0.15, -0.1) is 0 Å². The number of benzene rings is 3. The number of ether oxygens (including phenoxy) is 14. The SMILES string of the molecule is C1CCOC1.CCCCCC(=O)NC1(CC(=O)NO)CCC(=O)CC1.CCCCCC(=O)NC1(CC(=O)OC)CCC(=O)CC1.CCCCCC(=O)NC1(CC(=O)OC)CCC2(CC1)OCCO2.CCCCCC(=O)O.CO.CO.COC(=O)C=C1CCC2(CC1)OCCO2.COC(=O)C=P(c1ccccc1)(c1ccccc1)c1ccccc1.COC(=O)CC1(N)CCC2(CC1)OCCO2.N.O=C1CCC2(CC1)OCCO2. The summed E-state index contributed by atoms with van der Waals surface area (Å²) < 4.78 is 73.5. The predicted octanol–water partition coefficient (Wildman–Crippen LogP) is 13.5. The van der Waals surface area contributed by atoms with Crippen molar-refractivity contribution < 1.29 is 149 Å². The Hall–Kier alpha value is -9.15. The number of carbonyl (C=O) groups excluding carboxylic acids is 12. The van der Waals surface area contributed by atoms with Gasteiger partial charge in [-0.05, 0) is 126 Å². The summed E-state index contributed by atoms with van der Waals surface area (Å²) in [5, 5.41) is 43.2. The van der Waals surface area contributed by atoms with Crippen molar-refractivity contribution in [2.45, 2.75) is 368 Å². The fourth-order valence-corrected chi connectivity index (χ4v) is 22.5. The topological polar surface area (TPSA) is 541 Å². The zero-order chi connectivity index (χ0) is 108. The van der Waals surface area contributed by atoms with Crippen molar-refractivity contribution in [3.8, 4) is 0 Å². The first-order valence-corrected chi connectivity index (χ1v) is 54.1. The number of carbonyl (C=O) groups is 13. The molecule has 0 radical (unpaired) electrons. The van der Waals surface area contributed by atoms with Crippen LogP contribution in [0.2, 0.25) is 0 Å². The van der Waals surface area contributed by atoms with Gasteiger partial charge in [0.25, 0.3) is 0 Å². The van der Waals surface area contributed by atoms with E-state index in [1.165, 1.54) is 48.4 Å². The number of amides is 4. The number of aliphatic hydroxyl groups is 2. The molecule has 6 aliphatic carbocycles. The van der Waals surface area contributed by atoms with E-state index in [0.717, 1.165) is 190 Å². The van der Waals surface area contributed by atoms with Crippen LogP contribution >= 0.6 is 6.89 Å². The van der Waals surface area contributed by atoms with Crippen LogP contribution in [0.1, 0.15) is 323 Å². The van der Waals surface area contributed by atoms with Crippen LogP contribution in [0.15, 0.2) is 103 Å². The average Bonchev–Trinajstić information content (AvgIpc) is 1.74. The summed E-state index contributed by atoms with van der Waals surface area (Å²) in [6, 6.07) is 30.6. The molecule has 0 unspecified atom stereocenters. The first-order chi connectivity index (χ1) is 70.2. The quantitative estimate of drug-likeness (QED) is 0.00528. The number of ketones is 3. The van der Waals surface area contributed by atoms with E-state index in [4.69, 9.17) is 83.1 Å². The monoisotopic (exact) mass is 2100 g/mol. The second kappa shape index (κ2) is 72.3.